The van der Waals surface area contributed by atoms with E-state index in [2.05, 4.69) is 0 Å². The lowest BCUT2D eigenvalue weighted by atomic mass is 10.6. The Balaban J connectivity index is 5.56. The lowest BCUT2D eigenvalue weighted by molar-refractivity contribution is 0.600. The van der Waals surface area contributed by atoms with Crippen molar-refractivity contribution in [1.29, 1.82) is 0 Å². The molecule has 0 aromatic rings. The molecule has 0 radical (unpaired) electrons. The minimum atomic E-state index is -5.18. The van der Waals surface area contributed by atoms with Gasteiger partial charge in [-0.3, -0.25) is 0 Å². The molecule has 0 aliphatic heterocycles. The summed E-state index contributed by atoms with van der Waals surface area (Å²) in [5, 5.41) is 0. The fraction of sp³-hybridized carbons (Fsp3) is 1.00. The molecule has 0 aliphatic rings. The first-order valence-electron chi connectivity index (χ1n) is 4.99. The topological polar surface area (TPSA) is 34.1 Å². The molecule has 0 heterocycles. The van der Waals surface area contributed by atoms with E-state index in [0.29, 0.717) is 6.92 Å². The molecule has 7 heavy (non-hydrogen) atoms. The van der Waals surface area contributed by atoms with E-state index < -0.39 is 28.1 Å². The Morgan fingerprint density at radius 2 is 2.43 bits per heavy atom. The second-order valence-corrected chi connectivity index (χ2v) is 2.07. The van der Waals surface area contributed by atoms with E-state index in [4.69, 9.17) is 9.60 Å². The highest BCUT2D eigenvalue weighted by atomic mass is 32.2. The largest absolute Gasteiger partial charge is 0.229 e. The van der Waals surface area contributed by atoms with E-state index in [-0.39, 0.29) is 0 Å². The molecular formula is C4H10O2S. The number of hydrogen-bond donors (Lipinski definition) is 0. The molecule has 0 aromatic carbocycles. The van der Waals surface area contributed by atoms with Crippen LogP contribution in [0.3, 0.4) is 0 Å². The molecule has 0 rings (SSSR count). The van der Waals surface area contributed by atoms with Crippen LogP contribution in [0.5, 0.6) is 0 Å². The van der Waals surface area contributed by atoms with Crippen LogP contribution in [0.15, 0.2) is 0 Å². The van der Waals surface area contributed by atoms with Crippen molar-refractivity contribution in [3.63, 3.8) is 0 Å². The monoisotopic (exact) mass is 129 g/mol. The maximum Gasteiger partial charge on any atom is 0.147 e. The minimum Gasteiger partial charge on any atom is -0.229 e. The first-order valence-corrected chi connectivity index (χ1v) is 2.97. The Hall–Kier alpha value is -0.0500. The van der Waals surface area contributed by atoms with Crippen LogP contribution in [0.1, 0.15) is 22.9 Å². The summed E-state index contributed by atoms with van der Waals surface area (Å²) in [4.78, 5) is 0. The summed E-state index contributed by atoms with van der Waals surface area (Å²) in [5.74, 6) is 0. The molecule has 0 fully saturated rings. The molecule has 0 aromatic heterocycles. The van der Waals surface area contributed by atoms with Crippen molar-refractivity contribution < 1.29 is 18.0 Å². The molecule has 0 spiro atoms. The van der Waals surface area contributed by atoms with Gasteiger partial charge in [-0.2, -0.15) is 0 Å². The van der Waals surface area contributed by atoms with E-state index in [0.717, 1.165) is 0 Å². The van der Waals surface area contributed by atoms with Gasteiger partial charge in [-0.05, 0) is 6.37 Å². The van der Waals surface area contributed by atoms with E-state index in [9.17, 15) is 8.42 Å². The fourth-order valence-electron chi connectivity index (χ4n) is 0.134. The van der Waals surface area contributed by atoms with Gasteiger partial charge in [0.15, 0.2) is 0 Å². The van der Waals surface area contributed by atoms with Gasteiger partial charge in [0.2, 0.25) is 0 Å². The van der Waals surface area contributed by atoms with Crippen molar-refractivity contribution in [3.05, 3.63) is 0 Å². The summed E-state index contributed by atoms with van der Waals surface area (Å²) in [7, 11) is -5.18. The van der Waals surface area contributed by atoms with E-state index in [1.807, 2.05) is 0 Å². The standard InChI is InChI=1S/C4H10O2S/c1-3-4-7(2,5)6/h3-4H2,1-2H3/i2D3,3D2,4D2. The zero-order valence-corrected chi connectivity index (χ0v) is 4.54. The second kappa shape index (κ2) is 2.31. The molecular weight excluding hydrogens is 112 g/mol. The fourth-order valence-corrected chi connectivity index (χ4v) is 0.403. The van der Waals surface area contributed by atoms with Crippen LogP contribution >= 0.6 is 0 Å². The normalized spacial score (nSPS) is 32.4. The van der Waals surface area contributed by atoms with Crippen LogP contribution in [0, 0.1) is 0 Å². The van der Waals surface area contributed by atoms with Crippen LogP contribution < -0.4 is 0 Å². The van der Waals surface area contributed by atoms with Crippen LogP contribution in [-0.2, 0) is 9.84 Å². The summed E-state index contributed by atoms with van der Waals surface area (Å²) < 4.78 is 69.9. The average molecular weight is 129 g/mol. The molecule has 0 bridgehead atoms. The molecule has 0 saturated carbocycles. The van der Waals surface area contributed by atoms with Crippen molar-refractivity contribution in [1.82, 2.24) is 0 Å². The average Bonchev–Trinajstić information content (AvgIpc) is 1.81. The zero-order chi connectivity index (χ0) is 12.0. The maximum atomic E-state index is 11.1. The Kier molecular flexibility index (Phi) is 0.483. The highest BCUT2D eigenvalue weighted by Crippen LogP contribution is 1.84. The Labute approximate surface area is 54.3 Å². The van der Waals surface area contributed by atoms with Crippen molar-refractivity contribution in [3.8, 4) is 0 Å². The number of sulfone groups is 1. The lowest BCUT2D eigenvalue weighted by Gasteiger charge is -1.87. The molecule has 0 amide bonds. The highest BCUT2D eigenvalue weighted by molar-refractivity contribution is 7.90. The smallest absolute Gasteiger partial charge is 0.147 e. The predicted molar refractivity (Wildman–Crippen MR) is 30.0 cm³/mol. The summed E-state index contributed by atoms with van der Waals surface area (Å²) in [6, 6.07) is 0. The molecule has 0 atom stereocenters. The van der Waals surface area contributed by atoms with E-state index in [1.54, 1.807) is 0 Å². The Morgan fingerprint density at radius 1 is 1.86 bits per heavy atom. The minimum absolute atomic E-state index is 0.677. The van der Waals surface area contributed by atoms with Crippen LogP contribution in [0.25, 0.3) is 0 Å². The van der Waals surface area contributed by atoms with Gasteiger partial charge in [-0.15, -0.1) is 0 Å². The van der Waals surface area contributed by atoms with Crippen molar-refractivity contribution >= 4 is 9.84 Å². The first-order chi connectivity index (χ1) is 5.75. The van der Waals surface area contributed by atoms with Crippen LogP contribution in [0.4, 0.5) is 0 Å². The van der Waals surface area contributed by atoms with Gasteiger partial charge in [0.1, 0.15) is 9.84 Å². The van der Waals surface area contributed by atoms with Gasteiger partial charge < -0.3 is 0 Å². The van der Waals surface area contributed by atoms with Crippen LogP contribution in [-0.4, -0.2) is 20.3 Å². The van der Waals surface area contributed by atoms with Crippen molar-refractivity contribution in [2.24, 2.45) is 0 Å². The summed E-state index contributed by atoms with van der Waals surface area (Å²) in [6.07, 6.45) is -6.33. The molecule has 3 heteroatoms. The third-order valence-corrected chi connectivity index (χ3v) is 0.709. The third-order valence-electron chi connectivity index (χ3n) is 0.236. The highest BCUT2D eigenvalue weighted by Gasteiger charge is 1.95. The molecule has 0 aliphatic carbocycles. The quantitative estimate of drug-likeness (QED) is 0.542. The van der Waals surface area contributed by atoms with E-state index in [1.165, 1.54) is 0 Å². The van der Waals surface area contributed by atoms with Crippen molar-refractivity contribution in [2.75, 3.05) is 11.9 Å². The van der Waals surface area contributed by atoms with Gasteiger partial charge in [0.05, 0.1) is 0 Å². The number of rotatable bonds is 2. The molecule has 0 N–H and O–H groups in total. The summed E-state index contributed by atoms with van der Waals surface area (Å²) in [5.41, 5.74) is -3.44. The first kappa shape index (κ1) is 1.47. The molecule has 0 saturated heterocycles. The summed E-state index contributed by atoms with van der Waals surface area (Å²) in [6.45, 7) is 0.677. The number of hydrogen-bond acceptors (Lipinski definition) is 2. The van der Waals surface area contributed by atoms with Gasteiger partial charge in [0, 0.05) is 21.5 Å². The lowest BCUT2D eigenvalue weighted by Crippen LogP contribution is -2.00. The maximum absolute atomic E-state index is 11.1. The van der Waals surface area contributed by atoms with Crippen LogP contribution in [0.2, 0.25) is 0 Å². The van der Waals surface area contributed by atoms with Gasteiger partial charge in [0.25, 0.3) is 0 Å². The molecule has 2 nitrogen and oxygen atoms in total. The molecule has 0 unspecified atom stereocenters. The predicted octanol–water partition coefficient (Wildman–Crippen LogP) is 0.441. The third kappa shape index (κ3) is 5.95. The molecule has 44 valence electrons. The van der Waals surface area contributed by atoms with Gasteiger partial charge >= 0.3 is 0 Å². The summed E-state index contributed by atoms with van der Waals surface area (Å²) >= 11 is 0. The van der Waals surface area contributed by atoms with E-state index >= 15 is 0 Å². The van der Waals surface area contributed by atoms with Gasteiger partial charge in [-0.25, -0.2) is 8.42 Å². The zero-order valence-electron chi connectivity index (χ0n) is 10.7. The van der Waals surface area contributed by atoms with Gasteiger partial charge in [-0.1, -0.05) is 6.92 Å². The SMILES string of the molecule is [2H]C([2H])(C)C([2H])([2H])S(=O)(=O)C([2H])([2H])[2H]. The Morgan fingerprint density at radius 3 is 2.57 bits per heavy atom. The van der Waals surface area contributed by atoms with Crippen molar-refractivity contribution in [2.45, 2.75) is 13.3 Å². The Bertz CT molecular complexity index is 308. The second-order valence-electron chi connectivity index (χ2n) is 0.855.